The summed E-state index contributed by atoms with van der Waals surface area (Å²) in [5.41, 5.74) is 5.04. The predicted molar refractivity (Wildman–Crippen MR) is 71.9 cm³/mol. The number of amides is 3. The average Bonchev–Trinajstić information content (AvgIpc) is 2.30. The van der Waals surface area contributed by atoms with Crippen LogP contribution in [-0.4, -0.2) is 29.6 Å². The number of hydrogen-bond acceptors (Lipinski definition) is 3. The summed E-state index contributed by atoms with van der Waals surface area (Å²) >= 11 is 3.15. The SMILES string of the molecule is NC(=O)CCNC(=O)Nc1ccc(Br)cc1C(=O)O. The van der Waals surface area contributed by atoms with Crippen molar-refractivity contribution in [1.29, 1.82) is 0 Å². The second kappa shape index (κ2) is 6.74. The van der Waals surface area contributed by atoms with Crippen LogP contribution in [0.5, 0.6) is 0 Å². The fraction of sp³-hybridized carbons (Fsp3) is 0.182. The van der Waals surface area contributed by atoms with E-state index in [2.05, 4.69) is 26.6 Å². The molecule has 0 aliphatic carbocycles. The molecule has 0 unspecified atom stereocenters. The van der Waals surface area contributed by atoms with E-state index in [9.17, 15) is 14.4 Å². The number of nitrogens with two attached hydrogens (primary N) is 1. The van der Waals surface area contributed by atoms with E-state index in [1.807, 2.05) is 0 Å². The van der Waals surface area contributed by atoms with E-state index < -0.39 is 17.9 Å². The predicted octanol–water partition coefficient (Wildman–Crippen LogP) is 1.14. The first-order valence-corrected chi connectivity index (χ1v) is 6.05. The zero-order valence-corrected chi connectivity index (χ0v) is 11.4. The quantitative estimate of drug-likeness (QED) is 0.647. The number of urea groups is 1. The molecule has 8 heteroatoms. The Bertz CT molecular complexity index is 519. The number of hydrogen-bond donors (Lipinski definition) is 4. The van der Waals surface area contributed by atoms with Crippen LogP contribution >= 0.6 is 15.9 Å². The molecule has 0 spiro atoms. The van der Waals surface area contributed by atoms with E-state index in [0.717, 1.165) is 0 Å². The molecule has 0 saturated carbocycles. The lowest BCUT2D eigenvalue weighted by Crippen LogP contribution is -2.32. The number of aromatic carboxylic acids is 1. The molecule has 5 N–H and O–H groups in total. The molecule has 1 aromatic rings. The van der Waals surface area contributed by atoms with Crippen LogP contribution in [0.4, 0.5) is 10.5 Å². The highest BCUT2D eigenvalue weighted by Gasteiger charge is 2.12. The Hall–Kier alpha value is -2.09. The van der Waals surface area contributed by atoms with Crippen LogP contribution in [0.2, 0.25) is 0 Å². The fourth-order valence-electron chi connectivity index (χ4n) is 1.27. The van der Waals surface area contributed by atoms with Gasteiger partial charge in [0.1, 0.15) is 0 Å². The second-order valence-electron chi connectivity index (χ2n) is 3.59. The maximum absolute atomic E-state index is 11.5. The Morgan fingerprint density at radius 3 is 2.58 bits per heavy atom. The molecule has 0 atom stereocenters. The van der Waals surface area contributed by atoms with Crippen molar-refractivity contribution in [2.24, 2.45) is 5.73 Å². The molecule has 3 amide bonds. The first-order valence-electron chi connectivity index (χ1n) is 5.26. The van der Waals surface area contributed by atoms with Gasteiger partial charge in [-0.15, -0.1) is 0 Å². The van der Waals surface area contributed by atoms with Crippen molar-refractivity contribution < 1.29 is 19.5 Å². The smallest absolute Gasteiger partial charge is 0.337 e. The van der Waals surface area contributed by atoms with E-state index in [-0.39, 0.29) is 24.2 Å². The lowest BCUT2D eigenvalue weighted by molar-refractivity contribution is -0.117. The maximum Gasteiger partial charge on any atom is 0.337 e. The van der Waals surface area contributed by atoms with Crippen molar-refractivity contribution in [2.75, 3.05) is 11.9 Å². The lowest BCUT2D eigenvalue weighted by Gasteiger charge is -2.09. The van der Waals surface area contributed by atoms with Crippen LogP contribution in [0.1, 0.15) is 16.8 Å². The van der Waals surface area contributed by atoms with Gasteiger partial charge in [-0.1, -0.05) is 15.9 Å². The van der Waals surface area contributed by atoms with Gasteiger partial charge in [0.25, 0.3) is 0 Å². The van der Waals surface area contributed by atoms with E-state index in [1.54, 1.807) is 6.07 Å². The molecule has 0 bridgehead atoms. The molecular formula is C11H12BrN3O4. The third-order valence-electron chi connectivity index (χ3n) is 2.12. The van der Waals surface area contributed by atoms with Crippen LogP contribution < -0.4 is 16.4 Å². The number of carboxylic acids is 1. The highest BCUT2D eigenvalue weighted by molar-refractivity contribution is 9.10. The molecule has 0 aliphatic rings. The molecule has 0 saturated heterocycles. The molecule has 0 fully saturated rings. The summed E-state index contributed by atoms with van der Waals surface area (Å²) < 4.78 is 0.588. The van der Waals surface area contributed by atoms with Crippen LogP contribution in [-0.2, 0) is 4.79 Å². The Balaban J connectivity index is 2.68. The number of primary amides is 1. The highest BCUT2D eigenvalue weighted by atomic mass is 79.9. The van der Waals surface area contributed by atoms with Gasteiger partial charge in [-0.2, -0.15) is 0 Å². The van der Waals surface area contributed by atoms with Gasteiger partial charge >= 0.3 is 12.0 Å². The lowest BCUT2D eigenvalue weighted by atomic mass is 10.2. The third-order valence-corrected chi connectivity index (χ3v) is 2.61. The monoisotopic (exact) mass is 329 g/mol. The van der Waals surface area contributed by atoms with Crippen molar-refractivity contribution in [3.8, 4) is 0 Å². The molecule has 0 aliphatic heterocycles. The number of anilines is 1. The van der Waals surface area contributed by atoms with Crippen LogP contribution in [0.15, 0.2) is 22.7 Å². The number of carbonyl (C=O) groups excluding carboxylic acids is 2. The Morgan fingerprint density at radius 2 is 2.00 bits per heavy atom. The zero-order valence-electron chi connectivity index (χ0n) is 9.77. The second-order valence-corrected chi connectivity index (χ2v) is 4.51. The first-order chi connectivity index (χ1) is 8.90. The van der Waals surface area contributed by atoms with E-state index in [4.69, 9.17) is 10.8 Å². The van der Waals surface area contributed by atoms with Crippen molar-refractivity contribution in [2.45, 2.75) is 6.42 Å². The van der Waals surface area contributed by atoms with E-state index in [0.29, 0.717) is 4.47 Å². The third kappa shape index (κ3) is 4.96. The van der Waals surface area contributed by atoms with Gasteiger partial charge in [0, 0.05) is 17.4 Å². The van der Waals surface area contributed by atoms with Crippen LogP contribution in [0.3, 0.4) is 0 Å². The fourth-order valence-corrected chi connectivity index (χ4v) is 1.63. The van der Waals surface area contributed by atoms with Crippen molar-refractivity contribution >= 4 is 39.5 Å². The summed E-state index contributed by atoms with van der Waals surface area (Å²) in [4.78, 5) is 33.0. The van der Waals surface area contributed by atoms with Gasteiger partial charge in [0.15, 0.2) is 0 Å². The standard InChI is InChI=1S/C11H12BrN3O4/c12-6-1-2-8(7(5-6)10(17)18)15-11(19)14-4-3-9(13)16/h1-2,5H,3-4H2,(H2,13,16)(H,17,18)(H2,14,15,19). The molecule has 0 aromatic heterocycles. The van der Waals surface area contributed by atoms with Gasteiger partial charge in [0.2, 0.25) is 5.91 Å². The first kappa shape index (κ1) is 15.0. The minimum Gasteiger partial charge on any atom is -0.478 e. The summed E-state index contributed by atoms with van der Waals surface area (Å²) in [5, 5.41) is 13.8. The molecule has 7 nitrogen and oxygen atoms in total. The summed E-state index contributed by atoms with van der Waals surface area (Å²) in [5.74, 6) is -1.69. The summed E-state index contributed by atoms with van der Waals surface area (Å²) in [6.07, 6.45) is 0.0134. The van der Waals surface area contributed by atoms with Crippen molar-refractivity contribution in [3.63, 3.8) is 0 Å². The highest BCUT2D eigenvalue weighted by Crippen LogP contribution is 2.21. The van der Waals surface area contributed by atoms with Crippen molar-refractivity contribution in [1.82, 2.24) is 5.32 Å². The Kier molecular flexibility index (Phi) is 5.31. The van der Waals surface area contributed by atoms with E-state index in [1.165, 1.54) is 12.1 Å². The zero-order chi connectivity index (χ0) is 14.4. The molecule has 19 heavy (non-hydrogen) atoms. The topological polar surface area (TPSA) is 122 Å². The molecular weight excluding hydrogens is 318 g/mol. The van der Waals surface area contributed by atoms with Crippen LogP contribution in [0, 0.1) is 0 Å². The number of benzene rings is 1. The number of carbonyl (C=O) groups is 3. The summed E-state index contributed by atoms with van der Waals surface area (Å²) in [6.45, 7) is 0.0834. The number of halogens is 1. The molecule has 0 radical (unpaired) electrons. The van der Waals surface area contributed by atoms with Crippen molar-refractivity contribution in [3.05, 3.63) is 28.2 Å². The Labute approximate surface area is 117 Å². The summed E-state index contributed by atoms with van der Waals surface area (Å²) in [7, 11) is 0. The molecule has 0 heterocycles. The number of carboxylic acid groups (broad SMARTS) is 1. The maximum atomic E-state index is 11.5. The minimum atomic E-state index is -1.16. The van der Waals surface area contributed by atoms with E-state index >= 15 is 0 Å². The number of rotatable bonds is 5. The molecule has 1 aromatic carbocycles. The van der Waals surface area contributed by atoms with Gasteiger partial charge in [-0.05, 0) is 18.2 Å². The minimum absolute atomic E-state index is 0.0134. The van der Waals surface area contributed by atoms with Gasteiger partial charge in [-0.25, -0.2) is 9.59 Å². The van der Waals surface area contributed by atoms with Gasteiger partial charge in [0.05, 0.1) is 11.3 Å². The average molecular weight is 330 g/mol. The molecule has 1 rings (SSSR count). The van der Waals surface area contributed by atoms with Crippen LogP contribution in [0.25, 0.3) is 0 Å². The largest absolute Gasteiger partial charge is 0.478 e. The summed E-state index contributed by atoms with van der Waals surface area (Å²) in [6, 6.07) is 3.83. The van der Waals surface area contributed by atoms with Gasteiger partial charge < -0.3 is 21.5 Å². The Morgan fingerprint density at radius 1 is 1.32 bits per heavy atom. The molecule has 102 valence electrons. The number of nitrogens with one attached hydrogen (secondary N) is 2. The van der Waals surface area contributed by atoms with Gasteiger partial charge in [-0.3, -0.25) is 4.79 Å². The normalized spacial score (nSPS) is 9.74.